The molecular weight excluding hydrogens is 230 g/mol. The summed E-state index contributed by atoms with van der Waals surface area (Å²) in [5.41, 5.74) is 0.0982. The summed E-state index contributed by atoms with van der Waals surface area (Å²) < 4.78 is 30.4. The van der Waals surface area contributed by atoms with Gasteiger partial charge in [-0.25, -0.2) is 8.78 Å². The molecule has 0 saturated carbocycles. The van der Waals surface area contributed by atoms with Crippen molar-refractivity contribution in [2.24, 2.45) is 0 Å². The smallest absolute Gasteiger partial charge is 0.238 e. The minimum atomic E-state index is -0.729. The van der Waals surface area contributed by atoms with E-state index >= 15 is 0 Å². The molecule has 1 amide bonds. The van der Waals surface area contributed by atoms with Crippen LogP contribution in [0.1, 0.15) is 0 Å². The summed E-state index contributed by atoms with van der Waals surface area (Å²) in [4.78, 5) is 11.3. The molecule has 1 aromatic rings. The molecule has 0 aliphatic heterocycles. The summed E-state index contributed by atoms with van der Waals surface area (Å²) in [6, 6.07) is 2.85. The number of carbonyl (C=O) groups is 1. The SMILES string of the molecule is COCCNCC(=O)Nc1cc(F)cc(F)c1. The zero-order valence-electron chi connectivity index (χ0n) is 9.43. The second kappa shape index (κ2) is 6.93. The first-order chi connectivity index (χ1) is 8.11. The second-order valence-corrected chi connectivity index (χ2v) is 3.38. The zero-order chi connectivity index (χ0) is 12.7. The van der Waals surface area contributed by atoms with Crippen molar-refractivity contribution in [2.75, 3.05) is 32.1 Å². The molecule has 0 heterocycles. The molecule has 0 aliphatic carbocycles. The Morgan fingerprint density at radius 3 is 2.53 bits per heavy atom. The van der Waals surface area contributed by atoms with Gasteiger partial charge in [0.05, 0.1) is 13.2 Å². The van der Waals surface area contributed by atoms with Gasteiger partial charge in [-0.15, -0.1) is 0 Å². The Kier molecular flexibility index (Phi) is 5.51. The van der Waals surface area contributed by atoms with Gasteiger partial charge in [0.2, 0.25) is 5.91 Å². The standard InChI is InChI=1S/C11H14F2N2O2/c1-17-3-2-14-7-11(16)15-10-5-8(12)4-9(13)6-10/h4-6,14H,2-3,7H2,1H3,(H,15,16). The van der Waals surface area contributed by atoms with Gasteiger partial charge < -0.3 is 15.4 Å². The maximum Gasteiger partial charge on any atom is 0.238 e. The van der Waals surface area contributed by atoms with E-state index in [1.54, 1.807) is 7.11 Å². The lowest BCUT2D eigenvalue weighted by Gasteiger charge is -2.06. The maximum atomic E-state index is 12.8. The largest absolute Gasteiger partial charge is 0.383 e. The van der Waals surface area contributed by atoms with Gasteiger partial charge in [0.1, 0.15) is 11.6 Å². The highest BCUT2D eigenvalue weighted by Crippen LogP contribution is 2.12. The molecule has 0 saturated heterocycles. The molecule has 0 aromatic heterocycles. The maximum absolute atomic E-state index is 12.8. The number of carbonyl (C=O) groups excluding carboxylic acids is 1. The van der Waals surface area contributed by atoms with Crippen LogP contribution in [0.3, 0.4) is 0 Å². The molecule has 0 aliphatic rings. The van der Waals surface area contributed by atoms with Crippen molar-refractivity contribution in [3.05, 3.63) is 29.8 Å². The average Bonchev–Trinajstić information content (AvgIpc) is 2.23. The highest BCUT2D eigenvalue weighted by Gasteiger charge is 2.04. The van der Waals surface area contributed by atoms with E-state index in [0.29, 0.717) is 13.2 Å². The number of ether oxygens (including phenoxy) is 1. The van der Waals surface area contributed by atoms with E-state index in [4.69, 9.17) is 4.74 Å². The molecule has 0 spiro atoms. The van der Waals surface area contributed by atoms with Crippen LogP contribution in [0.25, 0.3) is 0 Å². The number of hydrogen-bond acceptors (Lipinski definition) is 3. The van der Waals surface area contributed by atoms with Gasteiger partial charge in [-0.05, 0) is 12.1 Å². The number of rotatable bonds is 6. The van der Waals surface area contributed by atoms with E-state index in [2.05, 4.69) is 10.6 Å². The Morgan fingerprint density at radius 2 is 1.94 bits per heavy atom. The average molecular weight is 244 g/mol. The van der Waals surface area contributed by atoms with Crippen molar-refractivity contribution in [3.63, 3.8) is 0 Å². The predicted molar refractivity (Wildman–Crippen MR) is 59.7 cm³/mol. The fourth-order valence-corrected chi connectivity index (χ4v) is 1.21. The van der Waals surface area contributed by atoms with Crippen LogP contribution in [-0.4, -0.2) is 32.7 Å². The number of amides is 1. The fraction of sp³-hybridized carbons (Fsp3) is 0.364. The number of benzene rings is 1. The summed E-state index contributed by atoms with van der Waals surface area (Å²) in [6.45, 7) is 1.07. The quantitative estimate of drug-likeness (QED) is 0.738. The third-order valence-electron chi connectivity index (χ3n) is 1.91. The Morgan fingerprint density at radius 1 is 1.29 bits per heavy atom. The lowest BCUT2D eigenvalue weighted by molar-refractivity contribution is -0.115. The van der Waals surface area contributed by atoms with Gasteiger partial charge in [0.15, 0.2) is 0 Å². The second-order valence-electron chi connectivity index (χ2n) is 3.38. The Labute approximate surface area is 98.0 Å². The number of halogens is 2. The van der Waals surface area contributed by atoms with Crippen molar-refractivity contribution in [1.29, 1.82) is 0 Å². The van der Waals surface area contributed by atoms with Gasteiger partial charge in [0, 0.05) is 25.4 Å². The van der Waals surface area contributed by atoms with Crippen LogP contribution >= 0.6 is 0 Å². The Balaban J connectivity index is 2.39. The van der Waals surface area contributed by atoms with E-state index < -0.39 is 11.6 Å². The normalized spacial score (nSPS) is 10.3. The van der Waals surface area contributed by atoms with E-state index in [9.17, 15) is 13.6 Å². The lowest BCUT2D eigenvalue weighted by atomic mass is 10.3. The first kappa shape index (κ1) is 13.5. The fourth-order valence-electron chi connectivity index (χ4n) is 1.21. The molecule has 2 N–H and O–H groups in total. The van der Waals surface area contributed by atoms with E-state index in [-0.39, 0.29) is 18.1 Å². The van der Waals surface area contributed by atoms with Gasteiger partial charge in [-0.2, -0.15) is 0 Å². The van der Waals surface area contributed by atoms with Gasteiger partial charge >= 0.3 is 0 Å². The third kappa shape index (κ3) is 5.37. The molecule has 17 heavy (non-hydrogen) atoms. The van der Waals surface area contributed by atoms with Crippen molar-refractivity contribution in [2.45, 2.75) is 0 Å². The zero-order valence-corrected chi connectivity index (χ0v) is 9.43. The highest BCUT2D eigenvalue weighted by molar-refractivity contribution is 5.92. The minimum Gasteiger partial charge on any atom is -0.383 e. The molecule has 0 unspecified atom stereocenters. The summed E-state index contributed by atoms with van der Waals surface area (Å²) in [5, 5.41) is 5.19. The monoisotopic (exact) mass is 244 g/mol. The summed E-state index contributed by atoms with van der Waals surface area (Å²) in [7, 11) is 1.55. The van der Waals surface area contributed by atoms with Crippen molar-refractivity contribution in [1.82, 2.24) is 5.32 Å². The number of methoxy groups -OCH3 is 1. The van der Waals surface area contributed by atoms with E-state index in [1.165, 1.54) is 0 Å². The topological polar surface area (TPSA) is 50.4 Å². The summed E-state index contributed by atoms with van der Waals surface area (Å²) in [5.74, 6) is -1.83. The molecule has 0 atom stereocenters. The van der Waals surface area contributed by atoms with Gasteiger partial charge in [-0.3, -0.25) is 4.79 Å². The van der Waals surface area contributed by atoms with Gasteiger partial charge in [0.25, 0.3) is 0 Å². The molecule has 94 valence electrons. The number of hydrogen-bond donors (Lipinski definition) is 2. The van der Waals surface area contributed by atoms with Crippen molar-refractivity contribution >= 4 is 11.6 Å². The lowest BCUT2D eigenvalue weighted by Crippen LogP contribution is -2.30. The molecule has 0 radical (unpaired) electrons. The summed E-state index contributed by atoms with van der Waals surface area (Å²) in [6.07, 6.45) is 0. The van der Waals surface area contributed by atoms with Crippen molar-refractivity contribution < 1.29 is 18.3 Å². The highest BCUT2D eigenvalue weighted by atomic mass is 19.1. The Bertz CT molecular complexity index is 365. The first-order valence-corrected chi connectivity index (χ1v) is 5.07. The van der Waals surface area contributed by atoms with Crippen LogP contribution < -0.4 is 10.6 Å². The van der Waals surface area contributed by atoms with Crippen LogP contribution in [0.15, 0.2) is 18.2 Å². The number of anilines is 1. The van der Waals surface area contributed by atoms with E-state index in [0.717, 1.165) is 18.2 Å². The van der Waals surface area contributed by atoms with Crippen LogP contribution in [-0.2, 0) is 9.53 Å². The first-order valence-electron chi connectivity index (χ1n) is 5.07. The van der Waals surface area contributed by atoms with Crippen LogP contribution in [0.2, 0.25) is 0 Å². The molecule has 1 rings (SSSR count). The molecule has 1 aromatic carbocycles. The van der Waals surface area contributed by atoms with Crippen LogP contribution in [0.4, 0.5) is 14.5 Å². The van der Waals surface area contributed by atoms with Crippen LogP contribution in [0, 0.1) is 11.6 Å². The molecule has 0 bridgehead atoms. The molecule has 0 fully saturated rings. The number of nitrogens with one attached hydrogen (secondary N) is 2. The van der Waals surface area contributed by atoms with Crippen LogP contribution in [0.5, 0.6) is 0 Å². The molecule has 6 heteroatoms. The third-order valence-corrected chi connectivity index (χ3v) is 1.91. The molecular formula is C11H14F2N2O2. The minimum absolute atomic E-state index is 0.0570. The Hall–Kier alpha value is -1.53. The molecule has 4 nitrogen and oxygen atoms in total. The predicted octanol–water partition coefficient (Wildman–Crippen LogP) is 1.14. The van der Waals surface area contributed by atoms with E-state index in [1.807, 2.05) is 0 Å². The summed E-state index contributed by atoms with van der Waals surface area (Å²) >= 11 is 0. The van der Waals surface area contributed by atoms with Crippen molar-refractivity contribution in [3.8, 4) is 0 Å². The van der Waals surface area contributed by atoms with Gasteiger partial charge in [-0.1, -0.05) is 0 Å².